The lowest BCUT2D eigenvalue weighted by Crippen LogP contribution is -2.01. The summed E-state index contributed by atoms with van der Waals surface area (Å²) in [6, 6.07) is 7.37. The molecule has 17 heavy (non-hydrogen) atoms. The van der Waals surface area contributed by atoms with E-state index < -0.39 is 0 Å². The zero-order chi connectivity index (χ0) is 12.3. The first-order chi connectivity index (χ1) is 8.20. The van der Waals surface area contributed by atoms with Gasteiger partial charge in [-0.15, -0.1) is 11.3 Å². The summed E-state index contributed by atoms with van der Waals surface area (Å²) in [5.41, 5.74) is 7.50. The maximum absolute atomic E-state index is 5.95. The van der Waals surface area contributed by atoms with Crippen molar-refractivity contribution in [2.75, 3.05) is 18.2 Å². The Morgan fingerprint density at radius 2 is 2.24 bits per heavy atom. The van der Waals surface area contributed by atoms with Crippen LogP contribution in [0.25, 0.3) is 0 Å². The smallest absolute Gasteiger partial charge is 0.142 e. The molecule has 1 aromatic carbocycles. The number of benzene rings is 1. The number of hydrogen-bond acceptors (Lipinski definition) is 4. The normalized spacial score (nSPS) is 10.2. The number of anilines is 2. The first kappa shape index (κ1) is 12.1. The lowest BCUT2D eigenvalue weighted by molar-refractivity contribution is 0.416. The number of rotatable bonds is 4. The summed E-state index contributed by atoms with van der Waals surface area (Å²) in [4.78, 5) is 1.10. The molecular formula is C12H13ClN2OS. The van der Waals surface area contributed by atoms with Crippen molar-refractivity contribution in [3.63, 3.8) is 0 Å². The minimum atomic E-state index is 0.667. The molecule has 0 radical (unpaired) electrons. The fourth-order valence-electron chi connectivity index (χ4n) is 1.49. The highest BCUT2D eigenvalue weighted by molar-refractivity contribution is 7.10. The van der Waals surface area contributed by atoms with Crippen LogP contribution in [0.5, 0.6) is 5.75 Å². The van der Waals surface area contributed by atoms with Gasteiger partial charge < -0.3 is 15.8 Å². The maximum atomic E-state index is 5.95. The van der Waals surface area contributed by atoms with Gasteiger partial charge in [-0.05, 0) is 29.6 Å². The maximum Gasteiger partial charge on any atom is 0.142 e. The van der Waals surface area contributed by atoms with Crippen molar-refractivity contribution in [2.45, 2.75) is 6.54 Å². The van der Waals surface area contributed by atoms with Gasteiger partial charge in [0.1, 0.15) is 5.75 Å². The summed E-state index contributed by atoms with van der Waals surface area (Å²) in [6.45, 7) is 0.667. The van der Waals surface area contributed by atoms with E-state index in [1.807, 2.05) is 23.6 Å². The molecule has 0 unspecified atom stereocenters. The zero-order valence-electron chi connectivity index (χ0n) is 9.37. The molecular weight excluding hydrogens is 256 g/mol. The van der Waals surface area contributed by atoms with Crippen molar-refractivity contribution in [3.8, 4) is 5.75 Å². The molecule has 0 aliphatic carbocycles. The molecule has 0 bridgehead atoms. The van der Waals surface area contributed by atoms with Crippen LogP contribution in [0.4, 0.5) is 11.4 Å². The van der Waals surface area contributed by atoms with Crippen molar-refractivity contribution < 1.29 is 4.74 Å². The van der Waals surface area contributed by atoms with Gasteiger partial charge >= 0.3 is 0 Å². The molecule has 0 amide bonds. The Labute approximate surface area is 109 Å². The predicted molar refractivity (Wildman–Crippen MR) is 74.1 cm³/mol. The lowest BCUT2D eigenvalue weighted by Gasteiger charge is -2.11. The minimum absolute atomic E-state index is 0.667. The highest BCUT2D eigenvalue weighted by atomic mass is 35.5. The number of nitrogen functional groups attached to an aromatic ring is 1. The number of nitrogens with one attached hydrogen (secondary N) is 1. The number of thiophene rings is 1. The number of hydrogen-bond donors (Lipinski definition) is 2. The Hall–Kier alpha value is -1.39. The largest absolute Gasteiger partial charge is 0.495 e. The third-order valence-corrected chi connectivity index (χ3v) is 3.55. The topological polar surface area (TPSA) is 47.3 Å². The molecule has 5 heteroatoms. The van der Waals surface area contributed by atoms with Crippen molar-refractivity contribution in [1.82, 2.24) is 0 Å². The Morgan fingerprint density at radius 3 is 2.88 bits per heavy atom. The van der Waals surface area contributed by atoms with E-state index in [4.69, 9.17) is 22.1 Å². The van der Waals surface area contributed by atoms with E-state index in [2.05, 4.69) is 5.32 Å². The molecule has 2 rings (SSSR count). The Morgan fingerprint density at radius 1 is 1.41 bits per heavy atom. The standard InChI is InChI=1S/C12H13ClN2OS/c1-16-11-3-2-8(13)6-10(11)15-7-12-9(14)4-5-17-12/h2-6,15H,7,14H2,1H3. The van der Waals surface area contributed by atoms with E-state index >= 15 is 0 Å². The molecule has 0 saturated carbocycles. The van der Waals surface area contributed by atoms with Crippen molar-refractivity contribution in [1.29, 1.82) is 0 Å². The van der Waals surface area contributed by atoms with E-state index in [-0.39, 0.29) is 0 Å². The summed E-state index contributed by atoms with van der Waals surface area (Å²) in [7, 11) is 1.63. The van der Waals surface area contributed by atoms with Gasteiger partial charge in [-0.1, -0.05) is 11.6 Å². The summed E-state index contributed by atoms with van der Waals surface area (Å²) in [5, 5.41) is 5.92. The van der Waals surface area contributed by atoms with Gasteiger partial charge in [-0.3, -0.25) is 0 Å². The van der Waals surface area contributed by atoms with E-state index in [0.717, 1.165) is 22.0 Å². The minimum Gasteiger partial charge on any atom is -0.495 e. The average molecular weight is 269 g/mol. The second-order valence-electron chi connectivity index (χ2n) is 3.50. The molecule has 0 fully saturated rings. The second-order valence-corrected chi connectivity index (χ2v) is 4.93. The van der Waals surface area contributed by atoms with Gasteiger partial charge in [0.15, 0.2) is 0 Å². The van der Waals surface area contributed by atoms with Crippen LogP contribution in [0.15, 0.2) is 29.6 Å². The Bertz CT molecular complexity index is 513. The van der Waals surface area contributed by atoms with Crippen LogP contribution in [-0.2, 0) is 6.54 Å². The third-order valence-electron chi connectivity index (χ3n) is 2.38. The SMILES string of the molecule is COc1ccc(Cl)cc1NCc1sccc1N. The predicted octanol–water partition coefficient (Wildman–Crippen LogP) is 3.60. The third kappa shape index (κ3) is 2.84. The quantitative estimate of drug-likeness (QED) is 0.891. The summed E-state index contributed by atoms with van der Waals surface area (Å²) in [6.07, 6.45) is 0. The molecule has 1 heterocycles. The van der Waals surface area contributed by atoms with Crippen LogP contribution in [0.3, 0.4) is 0 Å². The summed E-state index contributed by atoms with van der Waals surface area (Å²) >= 11 is 7.57. The fraction of sp³-hybridized carbons (Fsp3) is 0.167. The van der Waals surface area contributed by atoms with Crippen LogP contribution in [0.2, 0.25) is 5.02 Å². The second kappa shape index (κ2) is 5.29. The number of ether oxygens (including phenoxy) is 1. The molecule has 0 atom stereocenters. The average Bonchev–Trinajstić information content (AvgIpc) is 2.72. The van der Waals surface area contributed by atoms with Gasteiger partial charge in [0.2, 0.25) is 0 Å². The van der Waals surface area contributed by atoms with Gasteiger partial charge in [0.25, 0.3) is 0 Å². The van der Waals surface area contributed by atoms with Crippen molar-refractivity contribution in [2.24, 2.45) is 0 Å². The molecule has 3 N–H and O–H groups in total. The molecule has 2 aromatic rings. The molecule has 0 aliphatic heterocycles. The molecule has 0 spiro atoms. The van der Waals surface area contributed by atoms with E-state index in [9.17, 15) is 0 Å². The van der Waals surface area contributed by atoms with Crippen LogP contribution < -0.4 is 15.8 Å². The van der Waals surface area contributed by atoms with Crippen LogP contribution in [0, 0.1) is 0 Å². The van der Waals surface area contributed by atoms with Gasteiger partial charge in [0.05, 0.1) is 19.3 Å². The van der Waals surface area contributed by atoms with Gasteiger partial charge in [0, 0.05) is 15.6 Å². The highest BCUT2D eigenvalue weighted by Crippen LogP contribution is 2.29. The van der Waals surface area contributed by atoms with Crippen molar-refractivity contribution in [3.05, 3.63) is 39.5 Å². The summed E-state index contributed by atoms with van der Waals surface area (Å²) < 4.78 is 5.25. The molecule has 3 nitrogen and oxygen atoms in total. The molecule has 0 aliphatic rings. The first-order valence-electron chi connectivity index (χ1n) is 5.10. The molecule has 0 saturated heterocycles. The Balaban J connectivity index is 2.13. The monoisotopic (exact) mass is 268 g/mol. The van der Waals surface area contributed by atoms with Crippen LogP contribution >= 0.6 is 22.9 Å². The van der Waals surface area contributed by atoms with E-state index in [1.54, 1.807) is 24.5 Å². The lowest BCUT2D eigenvalue weighted by atomic mass is 10.3. The number of methoxy groups -OCH3 is 1. The molecule has 90 valence electrons. The van der Waals surface area contributed by atoms with Crippen LogP contribution in [0.1, 0.15) is 4.88 Å². The number of halogens is 1. The van der Waals surface area contributed by atoms with Crippen LogP contribution in [-0.4, -0.2) is 7.11 Å². The van der Waals surface area contributed by atoms with E-state index in [0.29, 0.717) is 11.6 Å². The van der Waals surface area contributed by atoms with Gasteiger partial charge in [-0.2, -0.15) is 0 Å². The van der Waals surface area contributed by atoms with E-state index in [1.165, 1.54) is 0 Å². The zero-order valence-corrected chi connectivity index (χ0v) is 10.9. The fourth-order valence-corrected chi connectivity index (χ4v) is 2.40. The summed E-state index contributed by atoms with van der Waals surface area (Å²) in [5.74, 6) is 0.768. The van der Waals surface area contributed by atoms with Gasteiger partial charge in [-0.25, -0.2) is 0 Å². The molecule has 1 aromatic heterocycles. The first-order valence-corrected chi connectivity index (χ1v) is 6.35. The highest BCUT2D eigenvalue weighted by Gasteiger charge is 2.05. The van der Waals surface area contributed by atoms with Crippen molar-refractivity contribution >= 4 is 34.3 Å². The number of nitrogens with two attached hydrogens (primary N) is 1. The Kier molecular flexibility index (Phi) is 3.76.